The van der Waals surface area contributed by atoms with E-state index in [4.69, 9.17) is 10.5 Å². The molecule has 4 heteroatoms. The summed E-state index contributed by atoms with van der Waals surface area (Å²) in [5.41, 5.74) is 7.55. The molecule has 3 nitrogen and oxygen atoms in total. The monoisotopic (exact) mass is 306 g/mol. The van der Waals surface area contributed by atoms with Crippen molar-refractivity contribution in [1.82, 2.24) is 4.98 Å². The lowest BCUT2D eigenvalue weighted by molar-refractivity contribution is 0.472. The third-order valence-electron chi connectivity index (χ3n) is 2.63. The Balaban J connectivity index is 2.40. The molecule has 2 rings (SSSR count). The van der Waals surface area contributed by atoms with Crippen LogP contribution in [-0.2, 0) is 0 Å². The van der Waals surface area contributed by atoms with E-state index in [0.717, 1.165) is 15.8 Å². The molecule has 2 N–H and O–H groups in total. The van der Waals surface area contributed by atoms with Gasteiger partial charge in [0.05, 0.1) is 16.4 Å². The van der Waals surface area contributed by atoms with Crippen LogP contribution in [0.15, 0.2) is 41.1 Å². The highest BCUT2D eigenvalue weighted by molar-refractivity contribution is 9.10. The standard InChI is InChI=1S/C14H15BrN2O/c1-9(2)10-5-3-4-6-13(10)18-14-11(15)7-17-8-12(14)16/h3-9H,16H2,1-2H3. The summed E-state index contributed by atoms with van der Waals surface area (Å²) in [4.78, 5) is 3.99. The summed E-state index contributed by atoms with van der Waals surface area (Å²) in [5, 5.41) is 0. The summed E-state index contributed by atoms with van der Waals surface area (Å²) in [7, 11) is 0. The van der Waals surface area contributed by atoms with Gasteiger partial charge in [0.25, 0.3) is 0 Å². The molecule has 18 heavy (non-hydrogen) atoms. The Morgan fingerprint density at radius 1 is 1.22 bits per heavy atom. The predicted octanol–water partition coefficient (Wildman–Crippen LogP) is 4.34. The van der Waals surface area contributed by atoms with E-state index in [2.05, 4.69) is 40.8 Å². The Morgan fingerprint density at radius 3 is 2.61 bits per heavy atom. The first-order valence-corrected chi connectivity index (χ1v) is 6.54. The number of aromatic nitrogens is 1. The molecule has 0 bridgehead atoms. The van der Waals surface area contributed by atoms with Crippen LogP contribution in [0.3, 0.4) is 0 Å². The van der Waals surface area contributed by atoms with Crippen molar-refractivity contribution in [2.75, 3.05) is 5.73 Å². The van der Waals surface area contributed by atoms with E-state index in [1.165, 1.54) is 0 Å². The minimum atomic E-state index is 0.392. The molecule has 0 radical (unpaired) electrons. The van der Waals surface area contributed by atoms with Crippen molar-refractivity contribution in [1.29, 1.82) is 0 Å². The minimum absolute atomic E-state index is 0.392. The van der Waals surface area contributed by atoms with Gasteiger partial charge in [0.2, 0.25) is 0 Å². The fourth-order valence-electron chi connectivity index (χ4n) is 1.71. The van der Waals surface area contributed by atoms with Crippen LogP contribution in [0.1, 0.15) is 25.3 Å². The summed E-state index contributed by atoms with van der Waals surface area (Å²) in [6.07, 6.45) is 3.25. The van der Waals surface area contributed by atoms with E-state index in [1.807, 2.05) is 18.2 Å². The van der Waals surface area contributed by atoms with Gasteiger partial charge in [-0.2, -0.15) is 0 Å². The lowest BCUT2D eigenvalue weighted by Gasteiger charge is -2.15. The zero-order valence-electron chi connectivity index (χ0n) is 10.4. The number of halogens is 1. The summed E-state index contributed by atoms with van der Waals surface area (Å²) < 4.78 is 6.67. The molecule has 0 saturated carbocycles. The summed E-state index contributed by atoms with van der Waals surface area (Å²) in [5.74, 6) is 1.83. The molecule has 2 aromatic rings. The van der Waals surface area contributed by atoms with Gasteiger partial charge < -0.3 is 10.5 Å². The Labute approximate surface area is 115 Å². The highest BCUT2D eigenvalue weighted by atomic mass is 79.9. The molecule has 0 aliphatic rings. The maximum absolute atomic E-state index is 5.92. The second-order valence-corrected chi connectivity index (χ2v) is 5.19. The fourth-order valence-corrected chi connectivity index (χ4v) is 2.13. The molecule has 0 aliphatic carbocycles. The van der Waals surface area contributed by atoms with Gasteiger partial charge in [-0.3, -0.25) is 4.98 Å². The molecular formula is C14H15BrN2O. The molecule has 0 fully saturated rings. The van der Waals surface area contributed by atoms with Crippen LogP contribution >= 0.6 is 15.9 Å². The highest BCUT2D eigenvalue weighted by Crippen LogP contribution is 2.37. The number of para-hydroxylation sites is 1. The maximum atomic E-state index is 5.92. The van der Waals surface area contributed by atoms with Crippen LogP contribution in [0.5, 0.6) is 11.5 Å². The molecule has 1 heterocycles. The van der Waals surface area contributed by atoms with Crippen molar-refractivity contribution in [3.8, 4) is 11.5 Å². The van der Waals surface area contributed by atoms with Crippen molar-refractivity contribution in [3.05, 3.63) is 46.7 Å². The lowest BCUT2D eigenvalue weighted by Crippen LogP contribution is -1.97. The van der Waals surface area contributed by atoms with Crippen molar-refractivity contribution in [3.63, 3.8) is 0 Å². The van der Waals surface area contributed by atoms with Gasteiger partial charge in [0.15, 0.2) is 5.75 Å². The third kappa shape index (κ3) is 2.64. The zero-order chi connectivity index (χ0) is 13.1. The van der Waals surface area contributed by atoms with Gasteiger partial charge in [0.1, 0.15) is 5.75 Å². The Kier molecular flexibility index (Phi) is 3.87. The Morgan fingerprint density at radius 2 is 1.94 bits per heavy atom. The number of nitrogens with two attached hydrogens (primary N) is 1. The van der Waals surface area contributed by atoms with E-state index in [1.54, 1.807) is 12.4 Å². The van der Waals surface area contributed by atoms with E-state index in [0.29, 0.717) is 17.4 Å². The maximum Gasteiger partial charge on any atom is 0.167 e. The van der Waals surface area contributed by atoms with E-state index in [-0.39, 0.29) is 0 Å². The van der Waals surface area contributed by atoms with Crippen LogP contribution < -0.4 is 10.5 Å². The van der Waals surface area contributed by atoms with Crippen LogP contribution in [0.2, 0.25) is 0 Å². The molecule has 1 aromatic carbocycles. The van der Waals surface area contributed by atoms with Gasteiger partial charge in [-0.15, -0.1) is 0 Å². The van der Waals surface area contributed by atoms with Crippen molar-refractivity contribution < 1.29 is 4.74 Å². The number of hydrogen-bond acceptors (Lipinski definition) is 3. The van der Waals surface area contributed by atoms with Crippen LogP contribution in [-0.4, -0.2) is 4.98 Å². The second kappa shape index (κ2) is 5.40. The topological polar surface area (TPSA) is 48.1 Å². The number of rotatable bonds is 3. The fraction of sp³-hybridized carbons (Fsp3) is 0.214. The van der Waals surface area contributed by atoms with Gasteiger partial charge in [0, 0.05) is 6.20 Å². The largest absolute Gasteiger partial charge is 0.454 e. The molecular weight excluding hydrogens is 292 g/mol. The molecule has 0 atom stereocenters. The molecule has 0 spiro atoms. The molecule has 0 amide bonds. The van der Waals surface area contributed by atoms with E-state index < -0.39 is 0 Å². The predicted molar refractivity (Wildman–Crippen MR) is 77.0 cm³/mol. The lowest BCUT2D eigenvalue weighted by atomic mass is 10.0. The smallest absolute Gasteiger partial charge is 0.167 e. The number of nitrogen functional groups attached to an aromatic ring is 1. The molecule has 94 valence electrons. The van der Waals surface area contributed by atoms with Crippen LogP contribution in [0, 0.1) is 0 Å². The van der Waals surface area contributed by atoms with E-state index >= 15 is 0 Å². The van der Waals surface area contributed by atoms with Crippen LogP contribution in [0.25, 0.3) is 0 Å². The first-order valence-electron chi connectivity index (χ1n) is 5.75. The van der Waals surface area contributed by atoms with Gasteiger partial charge in [-0.1, -0.05) is 32.0 Å². The first-order chi connectivity index (χ1) is 8.59. The number of nitrogens with zero attached hydrogens (tertiary/aromatic N) is 1. The average molecular weight is 307 g/mol. The Bertz CT molecular complexity index is 535. The number of ether oxygens (including phenoxy) is 1. The number of anilines is 1. The number of pyridine rings is 1. The molecule has 1 aromatic heterocycles. The summed E-state index contributed by atoms with van der Waals surface area (Å²) in [6, 6.07) is 7.96. The van der Waals surface area contributed by atoms with Crippen molar-refractivity contribution >= 4 is 21.6 Å². The summed E-state index contributed by atoms with van der Waals surface area (Å²) in [6.45, 7) is 4.26. The average Bonchev–Trinajstić information content (AvgIpc) is 2.34. The number of hydrogen-bond donors (Lipinski definition) is 1. The summed E-state index contributed by atoms with van der Waals surface area (Å²) >= 11 is 3.40. The third-order valence-corrected chi connectivity index (χ3v) is 3.20. The molecule has 0 unspecified atom stereocenters. The van der Waals surface area contributed by atoms with Crippen molar-refractivity contribution in [2.24, 2.45) is 0 Å². The minimum Gasteiger partial charge on any atom is -0.454 e. The Hall–Kier alpha value is -1.55. The van der Waals surface area contributed by atoms with Gasteiger partial charge in [-0.25, -0.2) is 0 Å². The van der Waals surface area contributed by atoms with Crippen LogP contribution in [0.4, 0.5) is 5.69 Å². The molecule has 0 aliphatic heterocycles. The SMILES string of the molecule is CC(C)c1ccccc1Oc1c(N)cncc1Br. The van der Waals surface area contributed by atoms with Crippen molar-refractivity contribution in [2.45, 2.75) is 19.8 Å². The molecule has 0 saturated heterocycles. The normalized spacial score (nSPS) is 10.7. The highest BCUT2D eigenvalue weighted by Gasteiger charge is 2.12. The zero-order valence-corrected chi connectivity index (χ0v) is 11.9. The first kappa shape index (κ1) is 12.9. The quantitative estimate of drug-likeness (QED) is 0.917. The second-order valence-electron chi connectivity index (χ2n) is 4.33. The van der Waals surface area contributed by atoms with Gasteiger partial charge in [-0.05, 0) is 33.5 Å². The van der Waals surface area contributed by atoms with Gasteiger partial charge >= 0.3 is 0 Å². The van der Waals surface area contributed by atoms with E-state index in [9.17, 15) is 0 Å². The number of benzene rings is 1.